The van der Waals surface area contributed by atoms with E-state index in [2.05, 4.69) is 4.72 Å². The summed E-state index contributed by atoms with van der Waals surface area (Å²) in [6.45, 7) is 1.55. The number of allylic oxidation sites excluding steroid dienone is 1. The third-order valence-electron chi connectivity index (χ3n) is 3.29. The molecule has 0 aliphatic rings. The second-order valence-electron chi connectivity index (χ2n) is 5.01. The predicted molar refractivity (Wildman–Crippen MR) is 94.0 cm³/mol. The maximum atomic E-state index is 12.1. The lowest BCUT2D eigenvalue weighted by Crippen LogP contribution is -2.14. The van der Waals surface area contributed by atoms with Crippen molar-refractivity contribution in [3.8, 4) is 6.07 Å². The summed E-state index contributed by atoms with van der Waals surface area (Å²) in [5.74, 6) is -0.203. The normalized spacial score (nSPS) is 11.2. The van der Waals surface area contributed by atoms with Crippen molar-refractivity contribution in [3.05, 3.63) is 71.3 Å². The summed E-state index contributed by atoms with van der Waals surface area (Å²) in [6.07, 6.45) is 3.10. The average Bonchev–Trinajstić information content (AvgIpc) is 2.60. The molecule has 5 nitrogen and oxygen atoms in total. The first kappa shape index (κ1) is 17.4. The van der Waals surface area contributed by atoms with Gasteiger partial charge in [0.15, 0.2) is 5.78 Å². The molecule has 122 valence electrons. The Hall–Kier alpha value is -2.91. The minimum atomic E-state index is -3.33. The zero-order chi connectivity index (χ0) is 17.6. The highest BCUT2D eigenvalue weighted by molar-refractivity contribution is 7.92. The molecule has 2 aromatic rings. The molecule has 0 heterocycles. The third-order valence-corrected chi connectivity index (χ3v) is 4.60. The Kier molecular flexibility index (Phi) is 5.51. The number of sulfonamides is 1. The molecule has 2 aromatic carbocycles. The van der Waals surface area contributed by atoms with Crippen molar-refractivity contribution in [2.45, 2.75) is 6.92 Å². The number of carbonyl (C=O) groups is 1. The maximum absolute atomic E-state index is 12.1. The van der Waals surface area contributed by atoms with Crippen LogP contribution in [0.15, 0.2) is 54.6 Å². The minimum Gasteiger partial charge on any atom is -0.289 e. The first-order valence-electron chi connectivity index (χ1n) is 7.26. The molecule has 0 bridgehead atoms. The zero-order valence-corrected chi connectivity index (χ0v) is 13.9. The molecule has 1 N–H and O–H groups in total. The molecular formula is C18H16N2O3S. The van der Waals surface area contributed by atoms with E-state index in [1.807, 2.05) is 6.07 Å². The van der Waals surface area contributed by atoms with Gasteiger partial charge in [-0.25, -0.2) is 8.42 Å². The van der Waals surface area contributed by atoms with Crippen molar-refractivity contribution >= 4 is 27.6 Å². The van der Waals surface area contributed by atoms with Gasteiger partial charge in [0, 0.05) is 11.3 Å². The van der Waals surface area contributed by atoms with Crippen LogP contribution in [0.3, 0.4) is 0 Å². The molecule has 0 fully saturated rings. The van der Waals surface area contributed by atoms with Gasteiger partial charge in [-0.15, -0.1) is 0 Å². The summed E-state index contributed by atoms with van der Waals surface area (Å²) < 4.78 is 25.4. The molecule has 0 aliphatic carbocycles. The highest BCUT2D eigenvalue weighted by Gasteiger charge is 2.07. The van der Waals surface area contributed by atoms with Gasteiger partial charge < -0.3 is 0 Å². The summed E-state index contributed by atoms with van der Waals surface area (Å²) in [5.41, 5.74) is 2.25. The molecule has 0 aliphatic heterocycles. The van der Waals surface area contributed by atoms with E-state index in [0.717, 1.165) is 5.56 Å². The Labute approximate surface area is 141 Å². The van der Waals surface area contributed by atoms with E-state index in [0.29, 0.717) is 16.8 Å². The molecule has 0 radical (unpaired) electrons. The Balaban J connectivity index is 2.07. The lowest BCUT2D eigenvalue weighted by atomic mass is 10.1. The fraction of sp³-hybridized carbons (Fsp3) is 0.111. The number of nitrogens with one attached hydrogen (secondary N) is 1. The van der Waals surface area contributed by atoms with Crippen molar-refractivity contribution in [1.29, 1.82) is 5.26 Å². The number of anilines is 1. The van der Waals surface area contributed by atoms with Gasteiger partial charge in [-0.05, 0) is 55.0 Å². The number of nitriles is 1. The van der Waals surface area contributed by atoms with Crippen LogP contribution in [0.25, 0.3) is 6.08 Å². The molecule has 0 spiro atoms. The molecule has 0 atom stereocenters. The smallest absolute Gasteiger partial charge is 0.232 e. The molecule has 24 heavy (non-hydrogen) atoms. The van der Waals surface area contributed by atoms with Gasteiger partial charge in [0.25, 0.3) is 0 Å². The van der Waals surface area contributed by atoms with Crippen molar-refractivity contribution < 1.29 is 13.2 Å². The molecule has 0 saturated carbocycles. The van der Waals surface area contributed by atoms with Crippen LogP contribution in [0, 0.1) is 11.3 Å². The summed E-state index contributed by atoms with van der Waals surface area (Å²) in [4.78, 5) is 12.1. The Bertz CT molecular complexity index is 891. The number of ketones is 1. The Morgan fingerprint density at radius 3 is 2.29 bits per heavy atom. The van der Waals surface area contributed by atoms with Gasteiger partial charge in [-0.2, -0.15) is 5.26 Å². The van der Waals surface area contributed by atoms with Gasteiger partial charge in [-0.3, -0.25) is 9.52 Å². The lowest BCUT2D eigenvalue weighted by molar-refractivity contribution is 0.104. The van der Waals surface area contributed by atoms with E-state index >= 15 is 0 Å². The SMILES string of the molecule is CCS(=O)(=O)Nc1ccc(C(=O)C=Cc2ccc(C#N)cc2)cc1. The molecular weight excluding hydrogens is 324 g/mol. The summed E-state index contributed by atoms with van der Waals surface area (Å²) in [7, 11) is -3.33. The van der Waals surface area contributed by atoms with Crippen LogP contribution in [-0.2, 0) is 10.0 Å². The molecule has 6 heteroatoms. The van der Waals surface area contributed by atoms with Crippen LogP contribution >= 0.6 is 0 Å². The fourth-order valence-corrected chi connectivity index (χ4v) is 2.53. The quantitative estimate of drug-likeness (QED) is 0.646. The second-order valence-corrected chi connectivity index (χ2v) is 7.03. The fourth-order valence-electron chi connectivity index (χ4n) is 1.89. The van der Waals surface area contributed by atoms with E-state index in [4.69, 9.17) is 5.26 Å². The summed E-state index contributed by atoms with van der Waals surface area (Å²) in [5, 5.41) is 8.74. The van der Waals surface area contributed by atoms with Gasteiger partial charge >= 0.3 is 0 Å². The topological polar surface area (TPSA) is 87.0 Å². The van der Waals surface area contributed by atoms with Crippen LogP contribution in [0.5, 0.6) is 0 Å². The number of carbonyl (C=O) groups excluding carboxylic acids is 1. The predicted octanol–water partition coefficient (Wildman–Crippen LogP) is 3.22. The molecule has 0 unspecified atom stereocenters. The van der Waals surface area contributed by atoms with Crippen LogP contribution in [-0.4, -0.2) is 20.0 Å². The number of hydrogen-bond acceptors (Lipinski definition) is 4. The molecule has 0 amide bonds. The van der Waals surface area contributed by atoms with Crippen LogP contribution < -0.4 is 4.72 Å². The van der Waals surface area contributed by atoms with E-state index < -0.39 is 10.0 Å². The molecule has 2 rings (SSSR count). The zero-order valence-electron chi connectivity index (χ0n) is 13.1. The van der Waals surface area contributed by atoms with Crippen LogP contribution in [0.1, 0.15) is 28.4 Å². The van der Waals surface area contributed by atoms with E-state index in [-0.39, 0.29) is 11.5 Å². The number of hydrogen-bond donors (Lipinski definition) is 1. The Morgan fingerprint density at radius 2 is 1.75 bits per heavy atom. The van der Waals surface area contributed by atoms with Gasteiger partial charge in [-0.1, -0.05) is 18.2 Å². The lowest BCUT2D eigenvalue weighted by Gasteiger charge is -2.06. The van der Waals surface area contributed by atoms with Crippen molar-refractivity contribution in [3.63, 3.8) is 0 Å². The maximum Gasteiger partial charge on any atom is 0.232 e. The monoisotopic (exact) mass is 340 g/mol. The number of benzene rings is 2. The largest absolute Gasteiger partial charge is 0.289 e. The first-order chi connectivity index (χ1) is 11.4. The average molecular weight is 340 g/mol. The van der Waals surface area contributed by atoms with Gasteiger partial charge in [0.1, 0.15) is 0 Å². The van der Waals surface area contributed by atoms with E-state index in [9.17, 15) is 13.2 Å². The van der Waals surface area contributed by atoms with Crippen LogP contribution in [0.2, 0.25) is 0 Å². The molecule has 0 aromatic heterocycles. The summed E-state index contributed by atoms with van der Waals surface area (Å²) >= 11 is 0. The van der Waals surface area contributed by atoms with Gasteiger partial charge in [0.05, 0.1) is 17.4 Å². The second kappa shape index (κ2) is 7.57. The standard InChI is InChI=1S/C18H16N2O3S/c1-2-24(22,23)20-17-10-8-16(9-11-17)18(21)12-7-14-3-5-15(13-19)6-4-14/h3-12,20H,2H2,1H3. The highest BCUT2D eigenvalue weighted by Crippen LogP contribution is 2.13. The molecule has 0 saturated heterocycles. The van der Waals surface area contributed by atoms with Crippen molar-refractivity contribution in [2.24, 2.45) is 0 Å². The van der Waals surface area contributed by atoms with Crippen molar-refractivity contribution in [1.82, 2.24) is 0 Å². The van der Waals surface area contributed by atoms with E-state index in [1.165, 1.54) is 6.08 Å². The number of rotatable bonds is 6. The number of nitrogens with zero attached hydrogens (tertiary/aromatic N) is 1. The first-order valence-corrected chi connectivity index (χ1v) is 8.92. The summed E-state index contributed by atoms with van der Waals surface area (Å²) in [6, 6.07) is 15.1. The highest BCUT2D eigenvalue weighted by atomic mass is 32.2. The Morgan fingerprint density at radius 1 is 1.12 bits per heavy atom. The minimum absolute atomic E-state index is 0.0129. The van der Waals surface area contributed by atoms with E-state index in [1.54, 1.807) is 61.5 Å². The van der Waals surface area contributed by atoms with Crippen LogP contribution in [0.4, 0.5) is 5.69 Å². The van der Waals surface area contributed by atoms with Gasteiger partial charge in [0.2, 0.25) is 10.0 Å². The van der Waals surface area contributed by atoms with Crippen molar-refractivity contribution in [2.75, 3.05) is 10.5 Å². The third kappa shape index (κ3) is 4.80.